The Hall–Kier alpha value is -3.88. The molecule has 4 aromatic rings. The van der Waals surface area contributed by atoms with Gasteiger partial charge in [0.15, 0.2) is 0 Å². The lowest BCUT2D eigenvalue weighted by Gasteiger charge is -2.24. The van der Waals surface area contributed by atoms with E-state index in [9.17, 15) is 13.2 Å². The summed E-state index contributed by atoms with van der Waals surface area (Å²) < 4.78 is 30.1. The molecule has 1 aromatic heterocycles. The number of nitrogens with one attached hydrogen (secondary N) is 1. The zero-order valence-corrected chi connectivity index (χ0v) is 23.0. The molecule has 9 heteroatoms. The molecule has 0 spiro atoms. The summed E-state index contributed by atoms with van der Waals surface area (Å²) >= 11 is 6.02. The summed E-state index contributed by atoms with van der Waals surface area (Å²) in [6.07, 6.45) is 2.37. The van der Waals surface area contributed by atoms with Crippen LogP contribution in [0.3, 0.4) is 0 Å². The molecular weight excluding hydrogens is 520 g/mol. The lowest BCUT2D eigenvalue weighted by atomic mass is 10.1. The highest BCUT2D eigenvalue weighted by Gasteiger charge is 2.27. The van der Waals surface area contributed by atoms with Crippen LogP contribution in [0.1, 0.15) is 29.4 Å². The molecule has 0 atom stereocenters. The average molecular weight is 549 g/mol. The predicted molar refractivity (Wildman–Crippen MR) is 153 cm³/mol. The predicted octanol–water partition coefficient (Wildman–Crippen LogP) is 5.66. The van der Waals surface area contributed by atoms with Crippen LogP contribution in [0.4, 0.5) is 5.69 Å². The zero-order valence-electron chi connectivity index (χ0n) is 21.4. The van der Waals surface area contributed by atoms with Gasteiger partial charge in [0.05, 0.1) is 16.8 Å². The van der Waals surface area contributed by atoms with E-state index in [4.69, 9.17) is 11.6 Å². The van der Waals surface area contributed by atoms with Gasteiger partial charge in [0.1, 0.15) is 6.54 Å². The highest BCUT2D eigenvalue weighted by molar-refractivity contribution is 7.92. The van der Waals surface area contributed by atoms with E-state index in [1.807, 2.05) is 63.2 Å². The lowest BCUT2D eigenvalue weighted by molar-refractivity contribution is -0.119. The second-order valence-corrected chi connectivity index (χ2v) is 11.1. The summed E-state index contributed by atoms with van der Waals surface area (Å²) in [5, 5.41) is 4.77. The largest absolute Gasteiger partial charge is 0.318 e. The minimum absolute atomic E-state index is 0.102. The number of aromatic nitrogens is 1. The van der Waals surface area contributed by atoms with Gasteiger partial charge in [-0.1, -0.05) is 48.9 Å². The number of carbonyl (C=O) groups is 1. The molecule has 7 nitrogen and oxygen atoms in total. The number of halogens is 1. The second-order valence-electron chi connectivity index (χ2n) is 8.78. The van der Waals surface area contributed by atoms with E-state index in [-0.39, 0.29) is 4.90 Å². The first-order chi connectivity index (χ1) is 18.2. The fourth-order valence-electron chi connectivity index (χ4n) is 4.18. The molecule has 38 heavy (non-hydrogen) atoms. The van der Waals surface area contributed by atoms with Crippen molar-refractivity contribution in [1.82, 2.24) is 9.99 Å². The number of rotatable bonds is 9. The van der Waals surface area contributed by atoms with Crippen molar-refractivity contribution in [3.8, 4) is 5.69 Å². The Kier molecular flexibility index (Phi) is 8.34. The number of hydrogen-bond donors (Lipinski definition) is 1. The molecule has 0 fully saturated rings. The van der Waals surface area contributed by atoms with Crippen molar-refractivity contribution >= 4 is 39.4 Å². The number of amides is 1. The molecule has 1 N–H and O–H groups in total. The fraction of sp³-hybridized carbons (Fsp3) is 0.172. The highest BCUT2D eigenvalue weighted by atomic mass is 35.5. The van der Waals surface area contributed by atoms with E-state index in [0.29, 0.717) is 10.7 Å². The topological polar surface area (TPSA) is 83.8 Å². The number of aryl methyl sites for hydroxylation is 2. The minimum atomic E-state index is -3.98. The zero-order chi connectivity index (χ0) is 27.3. The van der Waals surface area contributed by atoms with Crippen LogP contribution in [0.15, 0.2) is 94.9 Å². The Bertz CT molecular complexity index is 1550. The van der Waals surface area contributed by atoms with Crippen molar-refractivity contribution in [2.75, 3.05) is 10.8 Å². The summed E-state index contributed by atoms with van der Waals surface area (Å²) in [5.74, 6) is -0.563. The average Bonchev–Trinajstić information content (AvgIpc) is 3.20. The first-order valence-electron chi connectivity index (χ1n) is 12.1. The summed E-state index contributed by atoms with van der Waals surface area (Å²) in [7, 11) is -3.98. The highest BCUT2D eigenvalue weighted by Crippen LogP contribution is 2.24. The summed E-state index contributed by atoms with van der Waals surface area (Å²) in [6.45, 7) is 5.53. The van der Waals surface area contributed by atoms with Crippen LogP contribution in [0.25, 0.3) is 5.69 Å². The van der Waals surface area contributed by atoms with Crippen LogP contribution < -0.4 is 9.73 Å². The number of anilines is 1. The van der Waals surface area contributed by atoms with Gasteiger partial charge in [-0.3, -0.25) is 9.10 Å². The van der Waals surface area contributed by atoms with E-state index >= 15 is 0 Å². The number of carbonyl (C=O) groups excluding carboxylic acids is 1. The minimum Gasteiger partial charge on any atom is -0.318 e. The van der Waals surface area contributed by atoms with Crippen molar-refractivity contribution in [2.24, 2.45) is 5.10 Å². The quantitative estimate of drug-likeness (QED) is 0.216. The van der Waals surface area contributed by atoms with Crippen molar-refractivity contribution in [1.29, 1.82) is 0 Å². The monoisotopic (exact) mass is 548 g/mol. The number of benzene rings is 3. The third-order valence-corrected chi connectivity index (χ3v) is 8.24. The molecule has 1 amide bonds. The first-order valence-corrected chi connectivity index (χ1v) is 14.0. The maximum absolute atomic E-state index is 13.5. The lowest BCUT2D eigenvalue weighted by Crippen LogP contribution is -2.39. The van der Waals surface area contributed by atoms with Crippen LogP contribution in [0.5, 0.6) is 0 Å². The van der Waals surface area contributed by atoms with Crippen molar-refractivity contribution in [3.63, 3.8) is 0 Å². The van der Waals surface area contributed by atoms with Crippen molar-refractivity contribution in [2.45, 2.75) is 32.1 Å². The van der Waals surface area contributed by atoms with Gasteiger partial charge in [-0.05, 0) is 80.4 Å². The molecule has 0 saturated carbocycles. The standard InChI is InChI=1S/C29H29ClN4O3S/c1-4-23-10-14-26(15-11-23)33(38(36,37)28-8-6-5-7-9-28)20-29(35)32-31-19-24-18-21(2)34(22(24)3)27-16-12-25(30)13-17-27/h5-19H,4,20H2,1-3H3,(H,32,35)/b31-19-. The molecule has 0 aliphatic carbocycles. The van der Waals surface area contributed by atoms with Gasteiger partial charge in [0.2, 0.25) is 0 Å². The fourth-order valence-corrected chi connectivity index (χ4v) is 5.75. The van der Waals surface area contributed by atoms with Crippen LogP contribution in [0, 0.1) is 13.8 Å². The Morgan fingerprint density at radius 3 is 2.29 bits per heavy atom. The van der Waals surface area contributed by atoms with Gasteiger partial charge in [-0.2, -0.15) is 5.10 Å². The van der Waals surface area contributed by atoms with E-state index in [0.717, 1.165) is 38.9 Å². The molecule has 0 unspecified atom stereocenters. The smallest absolute Gasteiger partial charge is 0.264 e. The van der Waals surface area contributed by atoms with Crippen LogP contribution >= 0.6 is 11.6 Å². The SMILES string of the molecule is CCc1ccc(N(CC(=O)N/N=C\c2cc(C)n(-c3ccc(Cl)cc3)c2C)S(=O)(=O)c2ccccc2)cc1. The molecule has 1 heterocycles. The van der Waals surface area contributed by atoms with Crippen molar-refractivity contribution < 1.29 is 13.2 Å². The molecule has 0 radical (unpaired) electrons. The third kappa shape index (κ3) is 5.98. The Morgan fingerprint density at radius 2 is 1.66 bits per heavy atom. The van der Waals surface area contributed by atoms with Crippen LogP contribution in [-0.2, 0) is 21.2 Å². The normalized spacial score (nSPS) is 11.6. The molecule has 196 valence electrons. The van der Waals surface area contributed by atoms with Gasteiger partial charge in [-0.15, -0.1) is 0 Å². The number of hydrazone groups is 1. The Balaban J connectivity index is 1.54. The van der Waals surface area contributed by atoms with Gasteiger partial charge in [-0.25, -0.2) is 13.8 Å². The molecular formula is C29H29ClN4O3S. The summed E-state index contributed by atoms with van der Waals surface area (Å²) in [4.78, 5) is 13.0. The Morgan fingerprint density at radius 1 is 1.00 bits per heavy atom. The molecule has 3 aromatic carbocycles. The number of nitrogens with zero attached hydrogens (tertiary/aromatic N) is 3. The second kappa shape index (κ2) is 11.7. The van der Waals surface area contributed by atoms with Crippen LogP contribution in [-0.4, -0.2) is 31.7 Å². The maximum Gasteiger partial charge on any atom is 0.264 e. The number of hydrogen-bond acceptors (Lipinski definition) is 4. The third-order valence-electron chi connectivity index (χ3n) is 6.20. The molecule has 4 rings (SSSR count). The summed E-state index contributed by atoms with van der Waals surface area (Å²) in [5.41, 5.74) is 7.66. The molecule has 0 aliphatic heterocycles. The van der Waals surface area contributed by atoms with Gasteiger partial charge in [0.25, 0.3) is 15.9 Å². The van der Waals surface area contributed by atoms with Gasteiger partial charge >= 0.3 is 0 Å². The number of sulfonamides is 1. The van der Waals surface area contributed by atoms with Crippen molar-refractivity contribution in [3.05, 3.63) is 112 Å². The first kappa shape index (κ1) is 27.2. The van der Waals surface area contributed by atoms with Gasteiger partial charge in [0, 0.05) is 27.7 Å². The molecule has 0 bridgehead atoms. The van der Waals surface area contributed by atoms with E-state index < -0.39 is 22.5 Å². The van der Waals surface area contributed by atoms with E-state index in [1.165, 1.54) is 12.1 Å². The maximum atomic E-state index is 13.5. The van der Waals surface area contributed by atoms with E-state index in [2.05, 4.69) is 15.1 Å². The van der Waals surface area contributed by atoms with Crippen LogP contribution in [0.2, 0.25) is 5.02 Å². The molecule has 0 aliphatic rings. The van der Waals surface area contributed by atoms with Gasteiger partial charge < -0.3 is 4.57 Å². The summed E-state index contributed by atoms with van der Waals surface area (Å²) in [6, 6.07) is 24.7. The Labute approximate surface area is 228 Å². The van der Waals surface area contributed by atoms with E-state index in [1.54, 1.807) is 36.5 Å². The molecule has 0 saturated heterocycles.